The molecule has 9 heteroatoms. The van der Waals surface area contributed by atoms with E-state index in [1.165, 1.54) is 6.92 Å². The van der Waals surface area contributed by atoms with E-state index in [2.05, 4.69) is 10.3 Å². The van der Waals surface area contributed by atoms with Crippen molar-refractivity contribution in [3.05, 3.63) is 23.8 Å². The van der Waals surface area contributed by atoms with Crippen LogP contribution in [-0.4, -0.2) is 47.9 Å². The van der Waals surface area contributed by atoms with Gasteiger partial charge in [0.15, 0.2) is 6.04 Å². The standard InChI is InChI=1S/C21H28N4O5/c1-13-16-12-15(30-11-7-5-3-4-6-10-29-14(2)26)8-9-17(16)23-21-24-20(28)18(19(22)27)25(13)21/h8-9,12-13,18H,3-7,10-11H2,1-2H3,(H2,22,27)(H,23,24,28). The number of benzene rings is 1. The van der Waals surface area contributed by atoms with Crippen molar-refractivity contribution < 1.29 is 23.9 Å². The molecule has 2 unspecified atom stereocenters. The summed E-state index contributed by atoms with van der Waals surface area (Å²) in [5.41, 5.74) is 7.02. The van der Waals surface area contributed by atoms with Gasteiger partial charge < -0.3 is 20.1 Å². The smallest absolute Gasteiger partial charge is 0.302 e. The zero-order valence-electron chi connectivity index (χ0n) is 17.3. The number of esters is 1. The van der Waals surface area contributed by atoms with Gasteiger partial charge in [0.25, 0.3) is 5.91 Å². The van der Waals surface area contributed by atoms with Gasteiger partial charge in [-0.3, -0.25) is 19.7 Å². The normalized spacial score (nSPS) is 19.5. The molecule has 0 radical (unpaired) electrons. The number of nitrogens with zero attached hydrogens (tertiary/aromatic N) is 2. The monoisotopic (exact) mass is 416 g/mol. The van der Waals surface area contributed by atoms with Gasteiger partial charge in [0.1, 0.15) is 5.75 Å². The van der Waals surface area contributed by atoms with Crippen LogP contribution in [-0.2, 0) is 19.1 Å². The fourth-order valence-electron chi connectivity index (χ4n) is 3.71. The summed E-state index contributed by atoms with van der Waals surface area (Å²) in [5, 5.41) is 2.63. The Morgan fingerprint density at radius 3 is 2.57 bits per heavy atom. The van der Waals surface area contributed by atoms with Crippen LogP contribution in [0.3, 0.4) is 0 Å². The number of hydrogen-bond donors (Lipinski definition) is 2. The van der Waals surface area contributed by atoms with Gasteiger partial charge in [-0.15, -0.1) is 0 Å². The first-order chi connectivity index (χ1) is 14.4. The average molecular weight is 416 g/mol. The quantitative estimate of drug-likeness (QED) is 0.341. The molecule has 2 aliphatic rings. The Hall–Kier alpha value is -3.10. The fraction of sp³-hybridized carbons (Fsp3) is 0.524. The Kier molecular flexibility index (Phi) is 6.91. The number of unbranched alkanes of at least 4 members (excludes halogenated alkanes) is 4. The van der Waals surface area contributed by atoms with Crippen LogP contribution in [0.25, 0.3) is 0 Å². The van der Waals surface area contributed by atoms with Crippen molar-refractivity contribution in [3.8, 4) is 5.75 Å². The first kappa shape index (κ1) is 21.6. The number of hydrogen-bond acceptors (Lipinski definition) is 7. The van der Waals surface area contributed by atoms with Crippen molar-refractivity contribution >= 4 is 29.4 Å². The van der Waals surface area contributed by atoms with Crippen molar-refractivity contribution in [3.63, 3.8) is 0 Å². The predicted octanol–water partition coefficient (Wildman–Crippen LogP) is 1.93. The summed E-state index contributed by atoms with van der Waals surface area (Å²) >= 11 is 0. The second-order valence-corrected chi connectivity index (χ2v) is 7.49. The molecule has 3 N–H and O–H groups in total. The molecule has 162 valence electrons. The van der Waals surface area contributed by atoms with Gasteiger partial charge in [0, 0.05) is 12.5 Å². The zero-order chi connectivity index (χ0) is 21.7. The summed E-state index contributed by atoms with van der Waals surface area (Å²) in [6.45, 7) is 4.41. The third kappa shape index (κ3) is 4.90. The summed E-state index contributed by atoms with van der Waals surface area (Å²) in [7, 11) is 0. The largest absolute Gasteiger partial charge is 0.494 e. The zero-order valence-corrected chi connectivity index (χ0v) is 17.3. The van der Waals surface area contributed by atoms with Crippen molar-refractivity contribution in [2.24, 2.45) is 10.7 Å². The first-order valence-corrected chi connectivity index (χ1v) is 10.3. The third-order valence-electron chi connectivity index (χ3n) is 5.23. The molecule has 1 aromatic carbocycles. The van der Waals surface area contributed by atoms with E-state index in [9.17, 15) is 14.4 Å². The van der Waals surface area contributed by atoms with Gasteiger partial charge >= 0.3 is 5.97 Å². The summed E-state index contributed by atoms with van der Waals surface area (Å²) in [4.78, 5) is 40.6. The minimum absolute atomic E-state index is 0.234. The molecule has 0 saturated carbocycles. The van der Waals surface area contributed by atoms with E-state index in [-0.39, 0.29) is 12.0 Å². The highest BCUT2D eigenvalue weighted by Gasteiger charge is 2.45. The highest BCUT2D eigenvalue weighted by molar-refractivity contribution is 6.17. The van der Waals surface area contributed by atoms with E-state index in [0.29, 0.717) is 19.2 Å². The number of rotatable bonds is 10. The molecule has 9 nitrogen and oxygen atoms in total. The molecule has 0 aliphatic carbocycles. The van der Waals surface area contributed by atoms with Gasteiger partial charge in [-0.05, 0) is 38.0 Å². The van der Waals surface area contributed by atoms with Crippen molar-refractivity contribution in [2.45, 2.75) is 58.0 Å². The van der Waals surface area contributed by atoms with Crippen LogP contribution in [0.15, 0.2) is 23.2 Å². The number of nitrogens with one attached hydrogen (secondary N) is 1. The van der Waals surface area contributed by atoms with Crippen LogP contribution in [0.1, 0.15) is 57.6 Å². The number of carbonyl (C=O) groups is 3. The summed E-state index contributed by atoms with van der Waals surface area (Å²) < 4.78 is 10.8. The Morgan fingerprint density at radius 1 is 1.17 bits per heavy atom. The van der Waals surface area contributed by atoms with Crippen molar-refractivity contribution in [1.82, 2.24) is 10.2 Å². The van der Waals surface area contributed by atoms with E-state index in [1.54, 1.807) is 4.90 Å². The topological polar surface area (TPSA) is 123 Å². The molecule has 1 aromatic rings. The average Bonchev–Trinajstić information content (AvgIpc) is 3.03. The van der Waals surface area contributed by atoms with E-state index >= 15 is 0 Å². The molecule has 2 heterocycles. The Morgan fingerprint density at radius 2 is 1.87 bits per heavy atom. The van der Waals surface area contributed by atoms with Crippen LogP contribution in [0, 0.1) is 0 Å². The third-order valence-corrected chi connectivity index (χ3v) is 5.23. The SMILES string of the molecule is CC(=O)OCCCCCCCOc1ccc2c(c1)C(C)N1C(=N2)NC(=O)C1C(N)=O. The summed E-state index contributed by atoms with van der Waals surface area (Å²) in [6, 6.07) is 4.30. The molecular formula is C21H28N4O5. The number of nitrogens with two attached hydrogens (primary N) is 1. The van der Waals surface area contributed by atoms with Crippen molar-refractivity contribution in [2.75, 3.05) is 13.2 Å². The highest BCUT2D eigenvalue weighted by atomic mass is 16.5. The maximum absolute atomic E-state index is 12.1. The molecule has 0 bridgehead atoms. The number of amides is 2. The summed E-state index contributed by atoms with van der Waals surface area (Å²) in [6.07, 6.45) is 4.93. The van der Waals surface area contributed by atoms with E-state index in [0.717, 1.165) is 49.1 Å². The lowest BCUT2D eigenvalue weighted by Crippen LogP contribution is -2.47. The number of fused-ring (bicyclic) bond motifs is 2. The molecule has 2 aliphatic heterocycles. The van der Waals surface area contributed by atoms with Gasteiger partial charge in [-0.25, -0.2) is 4.99 Å². The Balaban J connectivity index is 1.49. The first-order valence-electron chi connectivity index (χ1n) is 10.3. The lowest BCUT2D eigenvalue weighted by Gasteiger charge is -2.33. The van der Waals surface area contributed by atoms with E-state index in [1.807, 2.05) is 25.1 Å². The lowest BCUT2D eigenvalue weighted by atomic mass is 10.0. The van der Waals surface area contributed by atoms with Crippen molar-refractivity contribution in [1.29, 1.82) is 0 Å². The fourth-order valence-corrected chi connectivity index (χ4v) is 3.71. The number of guanidine groups is 1. The van der Waals surface area contributed by atoms with Crippen LogP contribution in [0.2, 0.25) is 0 Å². The van der Waals surface area contributed by atoms with Crippen LogP contribution < -0.4 is 15.8 Å². The second-order valence-electron chi connectivity index (χ2n) is 7.49. The van der Waals surface area contributed by atoms with Gasteiger partial charge in [-0.2, -0.15) is 0 Å². The molecule has 0 aromatic heterocycles. The van der Waals surface area contributed by atoms with E-state index in [4.69, 9.17) is 15.2 Å². The van der Waals surface area contributed by atoms with Gasteiger partial charge in [0.2, 0.25) is 11.9 Å². The number of aliphatic imine (C=N–C) groups is 1. The minimum atomic E-state index is -1.06. The second kappa shape index (κ2) is 9.60. The molecule has 30 heavy (non-hydrogen) atoms. The van der Waals surface area contributed by atoms with E-state index < -0.39 is 17.9 Å². The molecule has 2 atom stereocenters. The van der Waals surface area contributed by atoms with Crippen LogP contribution in [0.5, 0.6) is 5.75 Å². The Bertz CT molecular complexity index is 854. The molecule has 0 spiro atoms. The summed E-state index contributed by atoms with van der Waals surface area (Å²) in [5.74, 6) is -0.310. The number of carbonyl (C=O) groups excluding carboxylic acids is 3. The predicted molar refractivity (Wildman–Crippen MR) is 110 cm³/mol. The number of primary amides is 1. The van der Waals surface area contributed by atoms with Gasteiger partial charge in [0.05, 0.1) is 24.9 Å². The molecule has 3 rings (SSSR count). The maximum atomic E-state index is 12.1. The molecular weight excluding hydrogens is 388 g/mol. The molecule has 2 amide bonds. The minimum Gasteiger partial charge on any atom is -0.494 e. The molecule has 1 fully saturated rings. The van der Waals surface area contributed by atoms with Crippen LogP contribution in [0.4, 0.5) is 5.69 Å². The van der Waals surface area contributed by atoms with Gasteiger partial charge in [-0.1, -0.05) is 19.3 Å². The molecule has 1 saturated heterocycles. The lowest BCUT2D eigenvalue weighted by molar-refractivity contribution is -0.141. The maximum Gasteiger partial charge on any atom is 0.302 e. The van der Waals surface area contributed by atoms with Crippen LogP contribution >= 0.6 is 0 Å². The highest BCUT2D eigenvalue weighted by Crippen LogP contribution is 2.39. The number of ether oxygens (including phenoxy) is 2. The Labute approximate surface area is 175 Å².